The first-order valence-electron chi connectivity index (χ1n) is 4.89. The molecule has 17 heavy (non-hydrogen) atoms. The number of carbonyl (C=O) groups is 1. The van der Waals surface area contributed by atoms with Gasteiger partial charge in [-0.3, -0.25) is 4.79 Å². The van der Waals surface area contributed by atoms with Gasteiger partial charge in [0.1, 0.15) is 6.26 Å². The van der Waals surface area contributed by atoms with Crippen LogP contribution in [0.15, 0.2) is 45.2 Å². The molecule has 1 aromatic carbocycles. The molecule has 0 spiro atoms. The first kappa shape index (κ1) is 11.5. The van der Waals surface area contributed by atoms with Crippen LogP contribution in [-0.4, -0.2) is 17.9 Å². The molecule has 0 unspecified atom stereocenters. The summed E-state index contributed by atoms with van der Waals surface area (Å²) >= 11 is 1.26. The molecule has 3 N–H and O–H groups in total. The second-order valence-electron chi connectivity index (χ2n) is 3.23. The first-order chi connectivity index (χ1) is 8.20. The summed E-state index contributed by atoms with van der Waals surface area (Å²) in [7, 11) is 1.58. The standard InChI is InChI=1S/C11H11N3O2S/c1-13-10(15)8-3-2-7(12)6-9(8)17-11-14-4-5-16-11/h2-6H,12H2,1H3,(H,13,15). The number of benzene rings is 1. The second kappa shape index (κ2) is 4.92. The van der Waals surface area contributed by atoms with Gasteiger partial charge in [0.15, 0.2) is 0 Å². The minimum atomic E-state index is -0.168. The van der Waals surface area contributed by atoms with E-state index in [0.29, 0.717) is 21.4 Å². The number of aromatic nitrogens is 1. The minimum absolute atomic E-state index is 0.168. The topological polar surface area (TPSA) is 81.2 Å². The average Bonchev–Trinajstić information content (AvgIpc) is 2.81. The number of nitrogen functional groups attached to an aromatic ring is 1. The van der Waals surface area contributed by atoms with Gasteiger partial charge in [-0.05, 0) is 30.0 Å². The summed E-state index contributed by atoms with van der Waals surface area (Å²) in [6, 6.07) is 5.09. The number of oxazole rings is 1. The summed E-state index contributed by atoms with van der Waals surface area (Å²) in [5.41, 5.74) is 6.84. The Morgan fingerprint density at radius 3 is 3.00 bits per heavy atom. The van der Waals surface area contributed by atoms with Crippen LogP contribution in [0.1, 0.15) is 10.4 Å². The minimum Gasteiger partial charge on any atom is -0.440 e. The third-order valence-electron chi connectivity index (χ3n) is 2.08. The Balaban J connectivity index is 2.36. The Kier molecular flexibility index (Phi) is 3.34. The molecule has 2 aromatic rings. The van der Waals surface area contributed by atoms with Crippen molar-refractivity contribution in [2.75, 3.05) is 12.8 Å². The molecule has 0 fully saturated rings. The summed E-state index contributed by atoms with van der Waals surface area (Å²) in [6.07, 6.45) is 3.03. The van der Waals surface area contributed by atoms with Crippen LogP contribution in [-0.2, 0) is 0 Å². The molecule has 0 bridgehead atoms. The second-order valence-corrected chi connectivity index (χ2v) is 4.23. The van der Waals surface area contributed by atoms with Crippen molar-refractivity contribution in [3.05, 3.63) is 36.2 Å². The fourth-order valence-corrected chi connectivity index (χ4v) is 2.17. The molecule has 1 amide bonds. The average molecular weight is 249 g/mol. The van der Waals surface area contributed by atoms with Gasteiger partial charge >= 0.3 is 0 Å². The molecular formula is C11H11N3O2S. The zero-order chi connectivity index (χ0) is 12.3. The Bertz CT molecular complexity index is 526. The maximum absolute atomic E-state index is 11.7. The number of nitrogens with zero attached hydrogens (tertiary/aromatic N) is 1. The molecule has 0 radical (unpaired) electrons. The van der Waals surface area contributed by atoms with Crippen molar-refractivity contribution in [1.29, 1.82) is 0 Å². The van der Waals surface area contributed by atoms with Crippen molar-refractivity contribution in [1.82, 2.24) is 10.3 Å². The van der Waals surface area contributed by atoms with E-state index in [1.807, 2.05) is 0 Å². The van der Waals surface area contributed by atoms with Crippen LogP contribution >= 0.6 is 11.8 Å². The van der Waals surface area contributed by atoms with E-state index in [1.54, 1.807) is 31.4 Å². The van der Waals surface area contributed by atoms with Gasteiger partial charge in [0.25, 0.3) is 11.1 Å². The Morgan fingerprint density at radius 1 is 1.53 bits per heavy atom. The van der Waals surface area contributed by atoms with Gasteiger partial charge in [-0.1, -0.05) is 0 Å². The van der Waals surface area contributed by atoms with Gasteiger partial charge in [0, 0.05) is 17.6 Å². The molecule has 1 heterocycles. The maximum atomic E-state index is 11.7. The molecule has 2 rings (SSSR count). The zero-order valence-electron chi connectivity index (χ0n) is 9.14. The lowest BCUT2D eigenvalue weighted by Crippen LogP contribution is -2.18. The zero-order valence-corrected chi connectivity index (χ0v) is 9.95. The highest BCUT2D eigenvalue weighted by Crippen LogP contribution is 2.30. The third kappa shape index (κ3) is 2.59. The molecule has 0 atom stereocenters. The number of nitrogens with one attached hydrogen (secondary N) is 1. The fourth-order valence-electron chi connectivity index (χ4n) is 1.30. The maximum Gasteiger partial charge on any atom is 0.260 e. The molecule has 0 aliphatic carbocycles. The summed E-state index contributed by atoms with van der Waals surface area (Å²) in [5, 5.41) is 3.05. The summed E-state index contributed by atoms with van der Waals surface area (Å²) in [5.74, 6) is -0.168. The van der Waals surface area contributed by atoms with E-state index in [1.165, 1.54) is 18.0 Å². The predicted molar refractivity (Wildman–Crippen MR) is 64.9 cm³/mol. The van der Waals surface area contributed by atoms with Crippen molar-refractivity contribution in [3.63, 3.8) is 0 Å². The Morgan fingerprint density at radius 2 is 2.35 bits per heavy atom. The molecule has 5 nitrogen and oxygen atoms in total. The number of carbonyl (C=O) groups excluding carboxylic acids is 1. The van der Waals surface area contributed by atoms with E-state index in [0.717, 1.165) is 0 Å². The molecular weight excluding hydrogens is 238 g/mol. The highest BCUT2D eigenvalue weighted by Gasteiger charge is 2.13. The van der Waals surface area contributed by atoms with E-state index in [2.05, 4.69) is 10.3 Å². The van der Waals surface area contributed by atoms with Crippen LogP contribution in [0.5, 0.6) is 0 Å². The van der Waals surface area contributed by atoms with Crippen LogP contribution in [0.25, 0.3) is 0 Å². The highest BCUT2D eigenvalue weighted by molar-refractivity contribution is 7.99. The van der Waals surface area contributed by atoms with Gasteiger partial charge < -0.3 is 15.5 Å². The van der Waals surface area contributed by atoms with Crippen molar-refractivity contribution in [3.8, 4) is 0 Å². The lowest BCUT2D eigenvalue weighted by atomic mass is 10.2. The number of anilines is 1. The van der Waals surface area contributed by atoms with Crippen LogP contribution in [0.3, 0.4) is 0 Å². The van der Waals surface area contributed by atoms with Crippen LogP contribution in [0, 0.1) is 0 Å². The van der Waals surface area contributed by atoms with Gasteiger partial charge in [-0.25, -0.2) is 4.98 Å². The Hall–Kier alpha value is -1.95. The molecule has 0 aliphatic rings. The summed E-state index contributed by atoms with van der Waals surface area (Å²) in [4.78, 5) is 16.4. The molecule has 88 valence electrons. The van der Waals surface area contributed by atoms with Crippen molar-refractivity contribution >= 4 is 23.4 Å². The van der Waals surface area contributed by atoms with Crippen LogP contribution in [0.2, 0.25) is 0 Å². The number of hydrogen-bond donors (Lipinski definition) is 2. The van der Waals surface area contributed by atoms with E-state index >= 15 is 0 Å². The molecule has 0 saturated heterocycles. The molecule has 0 aliphatic heterocycles. The van der Waals surface area contributed by atoms with Gasteiger partial charge in [0.2, 0.25) is 0 Å². The fraction of sp³-hybridized carbons (Fsp3) is 0.0909. The number of amides is 1. The first-order valence-corrected chi connectivity index (χ1v) is 5.71. The monoisotopic (exact) mass is 249 g/mol. The van der Waals surface area contributed by atoms with Crippen molar-refractivity contribution in [2.24, 2.45) is 0 Å². The SMILES string of the molecule is CNC(=O)c1ccc(N)cc1Sc1ncco1. The molecule has 1 aromatic heterocycles. The Labute approximate surface area is 102 Å². The highest BCUT2D eigenvalue weighted by atomic mass is 32.2. The molecule has 0 saturated carbocycles. The van der Waals surface area contributed by atoms with E-state index in [-0.39, 0.29) is 5.91 Å². The predicted octanol–water partition coefficient (Wildman–Crippen LogP) is 1.77. The van der Waals surface area contributed by atoms with E-state index < -0.39 is 0 Å². The number of rotatable bonds is 3. The van der Waals surface area contributed by atoms with Crippen LogP contribution < -0.4 is 11.1 Å². The summed E-state index contributed by atoms with van der Waals surface area (Å²) in [6.45, 7) is 0. The number of hydrogen-bond acceptors (Lipinski definition) is 5. The normalized spacial score (nSPS) is 10.2. The van der Waals surface area contributed by atoms with Gasteiger partial charge in [0.05, 0.1) is 11.8 Å². The number of nitrogens with two attached hydrogens (primary N) is 1. The molecule has 6 heteroatoms. The van der Waals surface area contributed by atoms with Crippen molar-refractivity contribution < 1.29 is 9.21 Å². The smallest absolute Gasteiger partial charge is 0.260 e. The van der Waals surface area contributed by atoms with Gasteiger partial charge in [-0.2, -0.15) is 0 Å². The largest absolute Gasteiger partial charge is 0.440 e. The third-order valence-corrected chi connectivity index (χ3v) is 3.02. The quantitative estimate of drug-likeness (QED) is 0.810. The van der Waals surface area contributed by atoms with E-state index in [9.17, 15) is 4.79 Å². The van der Waals surface area contributed by atoms with Crippen LogP contribution in [0.4, 0.5) is 5.69 Å². The van der Waals surface area contributed by atoms with E-state index in [4.69, 9.17) is 10.2 Å². The summed E-state index contributed by atoms with van der Waals surface area (Å²) < 4.78 is 5.13. The van der Waals surface area contributed by atoms with Crippen molar-refractivity contribution in [2.45, 2.75) is 10.1 Å². The lowest BCUT2D eigenvalue weighted by Gasteiger charge is -2.06. The van der Waals surface area contributed by atoms with Gasteiger partial charge in [-0.15, -0.1) is 0 Å². The lowest BCUT2D eigenvalue weighted by molar-refractivity contribution is 0.0960.